The number of carbonyl (C=O) groups is 1. The highest BCUT2D eigenvalue weighted by Crippen LogP contribution is 2.42. The molecule has 0 radical (unpaired) electrons. The van der Waals surface area contributed by atoms with E-state index in [2.05, 4.69) is 26.1 Å². The zero-order valence-electron chi connectivity index (χ0n) is 14.6. The van der Waals surface area contributed by atoms with Gasteiger partial charge < -0.3 is 9.84 Å². The summed E-state index contributed by atoms with van der Waals surface area (Å²) in [6.07, 6.45) is 0. The topological polar surface area (TPSA) is 77.2 Å². The number of hydrogen-bond donors (Lipinski definition) is 1. The van der Waals surface area contributed by atoms with Crippen molar-refractivity contribution in [2.24, 2.45) is 0 Å². The number of carboxylic acid groups (broad SMARTS) is 1. The number of carboxylic acids is 1. The third kappa shape index (κ3) is 4.16. The van der Waals surface area contributed by atoms with Crippen LogP contribution in [0.5, 0.6) is 5.75 Å². The van der Waals surface area contributed by atoms with Gasteiger partial charge in [-0.2, -0.15) is 0 Å². The summed E-state index contributed by atoms with van der Waals surface area (Å²) >= 11 is 12.4. The Bertz CT molecular complexity index is 986. The van der Waals surface area contributed by atoms with Crippen molar-refractivity contribution in [3.05, 3.63) is 40.1 Å². The fourth-order valence-corrected chi connectivity index (χ4v) is 5.27. The molecule has 0 aliphatic carbocycles. The van der Waals surface area contributed by atoms with Crippen molar-refractivity contribution in [2.45, 2.75) is 23.8 Å². The third-order valence-electron chi connectivity index (χ3n) is 3.70. The van der Waals surface area contributed by atoms with Gasteiger partial charge in [0.25, 0.3) is 0 Å². The van der Waals surface area contributed by atoms with Crippen molar-refractivity contribution in [1.29, 1.82) is 0 Å². The highest BCUT2D eigenvalue weighted by molar-refractivity contribution is 9.10. The summed E-state index contributed by atoms with van der Waals surface area (Å²) in [5, 5.41) is 19.4. The molecule has 0 saturated heterocycles. The number of hydrogen-bond acceptors (Lipinski definition) is 6. The van der Waals surface area contributed by atoms with Gasteiger partial charge in [0, 0.05) is 0 Å². The van der Waals surface area contributed by atoms with Crippen molar-refractivity contribution < 1.29 is 14.6 Å². The smallest absolute Gasteiger partial charge is 0.319 e. The van der Waals surface area contributed by atoms with E-state index in [4.69, 9.17) is 16.3 Å². The molecule has 2 heterocycles. The molecule has 10 heteroatoms. The largest absolute Gasteiger partial charge is 0.497 e. The highest BCUT2D eigenvalue weighted by atomic mass is 79.9. The summed E-state index contributed by atoms with van der Waals surface area (Å²) in [7, 11) is 1.62. The molecule has 6 nitrogen and oxygen atoms in total. The number of aliphatic carboxylic acids is 1. The van der Waals surface area contributed by atoms with Crippen molar-refractivity contribution in [3.8, 4) is 21.2 Å². The second-order valence-corrected chi connectivity index (χ2v) is 9.73. The summed E-state index contributed by atoms with van der Waals surface area (Å²) in [5.41, 5.74) is 0.960. The van der Waals surface area contributed by atoms with Gasteiger partial charge in [0.2, 0.25) is 4.73 Å². The number of methoxy groups -OCH3 is 1. The van der Waals surface area contributed by atoms with Gasteiger partial charge in [-0.25, -0.2) is 0 Å². The van der Waals surface area contributed by atoms with Crippen LogP contribution in [0.1, 0.15) is 13.8 Å². The molecule has 142 valence electrons. The lowest BCUT2D eigenvalue weighted by molar-refractivity contribution is -0.138. The zero-order chi connectivity index (χ0) is 19.8. The molecule has 0 saturated carbocycles. The van der Waals surface area contributed by atoms with E-state index >= 15 is 0 Å². The minimum atomic E-state index is -1.05. The Kier molecular flexibility index (Phi) is 5.85. The lowest BCUT2D eigenvalue weighted by Gasteiger charge is -2.17. The van der Waals surface area contributed by atoms with Crippen LogP contribution >= 0.6 is 50.6 Å². The molecule has 0 atom stereocenters. The maximum absolute atomic E-state index is 11.5. The van der Waals surface area contributed by atoms with Gasteiger partial charge in [-0.15, -0.1) is 21.5 Å². The van der Waals surface area contributed by atoms with Crippen LogP contribution in [0.25, 0.3) is 15.4 Å². The first-order valence-electron chi connectivity index (χ1n) is 7.70. The first-order chi connectivity index (χ1) is 12.7. The summed E-state index contributed by atoms with van der Waals surface area (Å²) in [4.78, 5) is 12.3. The Labute approximate surface area is 177 Å². The van der Waals surface area contributed by atoms with E-state index in [1.807, 2.05) is 30.3 Å². The molecule has 1 N–H and O–H groups in total. The summed E-state index contributed by atoms with van der Waals surface area (Å²) in [6, 6.07) is 9.43. The standard InChI is InChI=1S/C17H15BrClN3O3S2/c1-17(2,14(23)24)27-16-21-20-15(18)22(16)12-8-11(19)13(26-12)9-4-6-10(25-3)7-5-9/h4-8H,1-3H3,(H,23,24). The van der Waals surface area contributed by atoms with Crippen LogP contribution in [0.2, 0.25) is 5.02 Å². The van der Waals surface area contributed by atoms with E-state index < -0.39 is 10.7 Å². The number of thioether (sulfide) groups is 1. The maximum atomic E-state index is 11.5. The summed E-state index contributed by atoms with van der Waals surface area (Å²) in [5.74, 6) is -0.163. The van der Waals surface area contributed by atoms with Crippen LogP contribution in [0.3, 0.4) is 0 Å². The lowest BCUT2D eigenvalue weighted by atomic mass is 10.2. The lowest BCUT2D eigenvalue weighted by Crippen LogP contribution is -2.27. The first kappa shape index (κ1) is 20.2. The monoisotopic (exact) mass is 487 g/mol. The molecule has 3 aromatic rings. The predicted octanol–water partition coefficient (Wildman–Crippen LogP) is 5.38. The third-order valence-corrected chi connectivity index (χ3v) is 6.93. The van der Waals surface area contributed by atoms with Crippen LogP contribution in [0.4, 0.5) is 0 Å². The van der Waals surface area contributed by atoms with Gasteiger partial charge in [-0.05, 0) is 65.7 Å². The van der Waals surface area contributed by atoms with Crippen LogP contribution in [0, 0.1) is 0 Å². The number of halogens is 2. The minimum Gasteiger partial charge on any atom is -0.497 e. The number of nitrogens with zero attached hydrogens (tertiary/aromatic N) is 3. The number of ether oxygens (including phenoxy) is 1. The number of thiophene rings is 1. The van der Waals surface area contributed by atoms with Gasteiger partial charge in [0.1, 0.15) is 15.5 Å². The molecule has 0 aliphatic rings. The molecule has 0 aliphatic heterocycles. The summed E-state index contributed by atoms with van der Waals surface area (Å²) < 4.78 is 6.36. The zero-order valence-corrected chi connectivity index (χ0v) is 18.5. The number of aromatic nitrogens is 3. The predicted molar refractivity (Wildman–Crippen MR) is 112 cm³/mol. The molecular weight excluding hydrogens is 474 g/mol. The Balaban J connectivity index is 2.01. The molecule has 1 aromatic carbocycles. The van der Waals surface area contributed by atoms with Crippen LogP contribution in [-0.2, 0) is 4.79 Å². The van der Waals surface area contributed by atoms with E-state index in [0.717, 1.165) is 33.0 Å². The van der Waals surface area contributed by atoms with Crippen molar-refractivity contribution in [1.82, 2.24) is 14.8 Å². The molecule has 0 spiro atoms. The molecule has 0 fully saturated rings. The second kappa shape index (κ2) is 7.83. The molecular formula is C17H15BrClN3O3S2. The fourth-order valence-electron chi connectivity index (χ4n) is 2.18. The van der Waals surface area contributed by atoms with Gasteiger partial charge in [-0.3, -0.25) is 9.36 Å². The van der Waals surface area contributed by atoms with Crippen molar-refractivity contribution in [3.63, 3.8) is 0 Å². The Hall–Kier alpha value is -1.55. The highest BCUT2D eigenvalue weighted by Gasteiger charge is 2.32. The molecule has 0 unspecified atom stereocenters. The average Bonchev–Trinajstić information content (AvgIpc) is 3.17. The SMILES string of the molecule is COc1ccc(-c2sc(-n3c(Br)nnc3SC(C)(C)C(=O)O)cc2Cl)cc1. The molecule has 0 bridgehead atoms. The van der Waals surface area contributed by atoms with E-state index in [0.29, 0.717) is 14.9 Å². The Morgan fingerprint density at radius 1 is 1.33 bits per heavy atom. The molecule has 2 aromatic heterocycles. The van der Waals surface area contributed by atoms with E-state index in [-0.39, 0.29) is 0 Å². The van der Waals surface area contributed by atoms with E-state index in [9.17, 15) is 9.90 Å². The number of benzene rings is 1. The van der Waals surface area contributed by atoms with E-state index in [1.165, 1.54) is 11.3 Å². The van der Waals surface area contributed by atoms with Crippen LogP contribution < -0.4 is 4.74 Å². The minimum absolute atomic E-state index is 0.466. The quantitative estimate of drug-likeness (QED) is 0.470. The van der Waals surface area contributed by atoms with Gasteiger partial charge in [-0.1, -0.05) is 23.4 Å². The maximum Gasteiger partial charge on any atom is 0.319 e. The molecule has 3 rings (SSSR count). The van der Waals surface area contributed by atoms with Crippen molar-refractivity contribution >= 4 is 56.6 Å². The summed E-state index contributed by atoms with van der Waals surface area (Å²) in [6.45, 7) is 3.24. The Morgan fingerprint density at radius 2 is 2.00 bits per heavy atom. The average molecular weight is 489 g/mol. The van der Waals surface area contributed by atoms with Crippen LogP contribution in [0.15, 0.2) is 40.2 Å². The van der Waals surface area contributed by atoms with Gasteiger partial charge >= 0.3 is 5.97 Å². The van der Waals surface area contributed by atoms with Gasteiger partial charge in [0.05, 0.1) is 17.0 Å². The number of rotatable bonds is 6. The van der Waals surface area contributed by atoms with Crippen molar-refractivity contribution in [2.75, 3.05) is 7.11 Å². The van der Waals surface area contributed by atoms with E-state index in [1.54, 1.807) is 25.5 Å². The van der Waals surface area contributed by atoms with Gasteiger partial charge in [0.15, 0.2) is 5.16 Å². The first-order valence-corrected chi connectivity index (χ1v) is 10.5. The molecule has 0 amide bonds. The molecule has 27 heavy (non-hydrogen) atoms. The fraction of sp³-hybridized carbons (Fsp3) is 0.235. The normalized spacial score (nSPS) is 11.6. The Morgan fingerprint density at radius 3 is 2.59 bits per heavy atom. The van der Waals surface area contributed by atoms with Crippen LogP contribution in [-0.4, -0.2) is 37.7 Å². The second-order valence-electron chi connectivity index (χ2n) is 5.99.